The summed E-state index contributed by atoms with van der Waals surface area (Å²) in [6.07, 6.45) is 3.63. The lowest BCUT2D eigenvalue weighted by Crippen LogP contribution is -2.54. The van der Waals surface area contributed by atoms with Crippen molar-refractivity contribution in [2.75, 3.05) is 26.2 Å². The number of amides is 2. The third kappa shape index (κ3) is 5.84. The Labute approximate surface area is 166 Å². The molecular weight excluding hydrogens is 381 g/mol. The van der Waals surface area contributed by atoms with Gasteiger partial charge in [0.1, 0.15) is 5.60 Å². The average molecular weight is 410 g/mol. The maximum atomic E-state index is 12.4. The number of nitrogens with zero attached hydrogens (tertiary/aromatic N) is 3. The van der Waals surface area contributed by atoms with Crippen LogP contribution in [0.3, 0.4) is 0 Å². The summed E-state index contributed by atoms with van der Waals surface area (Å²) >= 11 is 0. The SMILES string of the molecule is CC(C)[C@H](N)C(=O)NCC(=O)N1CCOC(C)(c2cnn(C)c2)C1.Cl.Cl. The van der Waals surface area contributed by atoms with Gasteiger partial charge in [-0.05, 0) is 12.8 Å². The van der Waals surface area contributed by atoms with E-state index in [1.807, 2.05) is 34.0 Å². The number of carbonyl (C=O) groups excluding carboxylic acids is 2. The number of aromatic nitrogens is 2. The van der Waals surface area contributed by atoms with Gasteiger partial charge in [0.15, 0.2) is 0 Å². The fourth-order valence-corrected chi connectivity index (χ4v) is 2.65. The number of ether oxygens (including phenoxy) is 1. The van der Waals surface area contributed by atoms with Gasteiger partial charge in [-0.15, -0.1) is 24.8 Å². The number of nitrogens with two attached hydrogens (primary N) is 1. The van der Waals surface area contributed by atoms with Gasteiger partial charge in [-0.3, -0.25) is 14.3 Å². The van der Waals surface area contributed by atoms with E-state index >= 15 is 0 Å². The molecule has 2 atom stereocenters. The molecule has 0 spiro atoms. The summed E-state index contributed by atoms with van der Waals surface area (Å²) in [4.78, 5) is 26.0. The number of aryl methyl sites for hydroxylation is 1. The summed E-state index contributed by atoms with van der Waals surface area (Å²) in [6, 6.07) is -0.608. The van der Waals surface area contributed by atoms with Gasteiger partial charge in [-0.1, -0.05) is 13.8 Å². The Morgan fingerprint density at radius 1 is 1.42 bits per heavy atom. The Kier molecular flexibility index (Phi) is 9.58. The minimum absolute atomic E-state index is 0. The Morgan fingerprint density at radius 2 is 2.08 bits per heavy atom. The fraction of sp³-hybridized carbons (Fsp3) is 0.688. The van der Waals surface area contributed by atoms with Crippen molar-refractivity contribution in [3.63, 3.8) is 0 Å². The van der Waals surface area contributed by atoms with Crippen LogP contribution in [0.1, 0.15) is 26.3 Å². The first-order chi connectivity index (χ1) is 11.2. The highest BCUT2D eigenvalue weighted by molar-refractivity contribution is 5.87. The van der Waals surface area contributed by atoms with Crippen molar-refractivity contribution in [3.8, 4) is 0 Å². The zero-order valence-corrected chi connectivity index (χ0v) is 17.2. The van der Waals surface area contributed by atoms with E-state index in [4.69, 9.17) is 10.5 Å². The van der Waals surface area contributed by atoms with Gasteiger partial charge >= 0.3 is 0 Å². The summed E-state index contributed by atoms with van der Waals surface area (Å²) in [5.74, 6) is -0.420. The Balaban J connectivity index is 0.00000312. The number of rotatable bonds is 5. The van der Waals surface area contributed by atoms with Gasteiger partial charge < -0.3 is 20.7 Å². The van der Waals surface area contributed by atoms with E-state index in [9.17, 15) is 9.59 Å². The van der Waals surface area contributed by atoms with Crippen LogP contribution in [-0.2, 0) is 27.0 Å². The lowest BCUT2D eigenvalue weighted by Gasteiger charge is -2.40. The third-order valence-corrected chi connectivity index (χ3v) is 4.38. The van der Waals surface area contributed by atoms with Gasteiger partial charge in [0.05, 0.1) is 31.9 Å². The molecule has 1 saturated heterocycles. The molecule has 1 aliphatic rings. The molecule has 1 aromatic heterocycles. The number of hydrogen-bond acceptors (Lipinski definition) is 5. The highest BCUT2D eigenvalue weighted by Crippen LogP contribution is 2.28. The average Bonchev–Trinajstić information content (AvgIpc) is 2.98. The second-order valence-corrected chi connectivity index (χ2v) is 6.78. The van der Waals surface area contributed by atoms with Crippen molar-refractivity contribution in [1.82, 2.24) is 20.0 Å². The molecule has 0 bridgehead atoms. The predicted molar refractivity (Wildman–Crippen MR) is 103 cm³/mol. The van der Waals surface area contributed by atoms with Crippen molar-refractivity contribution in [2.24, 2.45) is 18.7 Å². The molecule has 1 aliphatic heterocycles. The standard InChI is InChI=1S/C16H27N5O3.2ClH/c1-11(2)14(17)15(23)18-8-13(22)21-5-6-24-16(3,10-21)12-7-19-20(4)9-12;;/h7,9,11,14H,5-6,8,10,17H2,1-4H3,(H,18,23);2*1H/t14-,16?;;/m0../s1. The molecule has 2 heterocycles. The third-order valence-electron chi connectivity index (χ3n) is 4.38. The largest absolute Gasteiger partial charge is 0.367 e. The summed E-state index contributed by atoms with van der Waals surface area (Å²) in [5.41, 5.74) is 6.11. The zero-order chi connectivity index (χ0) is 17.9. The van der Waals surface area contributed by atoms with Gasteiger partial charge in [-0.25, -0.2) is 0 Å². The van der Waals surface area contributed by atoms with Gasteiger partial charge in [0.2, 0.25) is 11.8 Å². The Morgan fingerprint density at radius 3 is 2.62 bits per heavy atom. The van der Waals surface area contributed by atoms with Crippen molar-refractivity contribution >= 4 is 36.6 Å². The van der Waals surface area contributed by atoms with Crippen LogP contribution in [-0.4, -0.2) is 58.8 Å². The van der Waals surface area contributed by atoms with E-state index < -0.39 is 11.6 Å². The van der Waals surface area contributed by atoms with Crippen molar-refractivity contribution in [1.29, 1.82) is 0 Å². The molecule has 150 valence electrons. The summed E-state index contributed by atoms with van der Waals surface area (Å²) in [6.45, 7) is 6.99. The highest BCUT2D eigenvalue weighted by atomic mass is 35.5. The van der Waals surface area contributed by atoms with Crippen LogP contribution >= 0.6 is 24.8 Å². The number of halogens is 2. The van der Waals surface area contributed by atoms with E-state index in [1.165, 1.54) is 0 Å². The molecule has 1 fully saturated rings. The van der Waals surface area contributed by atoms with E-state index in [0.717, 1.165) is 5.56 Å². The highest BCUT2D eigenvalue weighted by Gasteiger charge is 2.36. The maximum Gasteiger partial charge on any atom is 0.242 e. The van der Waals surface area contributed by atoms with Gasteiger partial charge in [-0.2, -0.15) is 5.10 Å². The quantitative estimate of drug-likeness (QED) is 0.733. The first-order valence-electron chi connectivity index (χ1n) is 8.17. The lowest BCUT2D eigenvalue weighted by molar-refractivity contribution is -0.149. The molecule has 26 heavy (non-hydrogen) atoms. The molecule has 0 saturated carbocycles. The van der Waals surface area contributed by atoms with Crippen LogP contribution in [0.15, 0.2) is 12.4 Å². The number of nitrogens with one attached hydrogen (secondary N) is 1. The molecular formula is C16H29Cl2N5O3. The molecule has 3 N–H and O–H groups in total. The smallest absolute Gasteiger partial charge is 0.242 e. The first kappa shape index (κ1) is 24.7. The lowest BCUT2D eigenvalue weighted by atomic mass is 9.97. The maximum absolute atomic E-state index is 12.4. The summed E-state index contributed by atoms with van der Waals surface area (Å²) < 4.78 is 7.59. The van der Waals surface area contributed by atoms with E-state index in [2.05, 4.69) is 10.4 Å². The second kappa shape index (κ2) is 10.1. The topological polar surface area (TPSA) is 102 Å². The van der Waals surface area contributed by atoms with Crippen LogP contribution in [0, 0.1) is 5.92 Å². The predicted octanol–water partition coefficient (Wildman–Crippen LogP) is 0.437. The molecule has 1 aromatic rings. The monoisotopic (exact) mass is 409 g/mol. The molecule has 10 heteroatoms. The molecule has 0 radical (unpaired) electrons. The zero-order valence-electron chi connectivity index (χ0n) is 15.6. The minimum Gasteiger partial charge on any atom is -0.367 e. The fourth-order valence-electron chi connectivity index (χ4n) is 2.65. The van der Waals surface area contributed by atoms with Crippen molar-refractivity contribution in [3.05, 3.63) is 18.0 Å². The molecule has 2 rings (SSSR count). The van der Waals surface area contributed by atoms with Crippen LogP contribution < -0.4 is 11.1 Å². The minimum atomic E-state index is -0.608. The van der Waals surface area contributed by atoms with E-state index in [0.29, 0.717) is 19.7 Å². The molecule has 0 aliphatic carbocycles. The molecule has 0 aromatic carbocycles. The van der Waals surface area contributed by atoms with Crippen LogP contribution in [0.2, 0.25) is 0 Å². The summed E-state index contributed by atoms with van der Waals surface area (Å²) in [7, 11) is 1.84. The van der Waals surface area contributed by atoms with Crippen molar-refractivity contribution < 1.29 is 14.3 Å². The first-order valence-corrected chi connectivity index (χ1v) is 8.17. The number of morpholine rings is 1. The van der Waals surface area contributed by atoms with Crippen molar-refractivity contribution in [2.45, 2.75) is 32.4 Å². The summed E-state index contributed by atoms with van der Waals surface area (Å²) in [5, 5.41) is 6.78. The van der Waals surface area contributed by atoms with Crippen LogP contribution in [0.5, 0.6) is 0 Å². The Hall–Kier alpha value is -1.35. The van der Waals surface area contributed by atoms with Crippen LogP contribution in [0.4, 0.5) is 0 Å². The Bertz CT molecular complexity index is 610. The molecule has 1 unspecified atom stereocenters. The van der Waals surface area contributed by atoms with Gasteiger partial charge in [0, 0.05) is 25.4 Å². The molecule has 2 amide bonds. The number of hydrogen-bond donors (Lipinski definition) is 2. The normalized spacial score (nSPS) is 20.8. The molecule has 8 nitrogen and oxygen atoms in total. The van der Waals surface area contributed by atoms with Gasteiger partial charge in [0.25, 0.3) is 0 Å². The second-order valence-electron chi connectivity index (χ2n) is 6.78. The van der Waals surface area contributed by atoms with Crippen LogP contribution in [0.25, 0.3) is 0 Å². The van der Waals surface area contributed by atoms with E-state index in [-0.39, 0.29) is 49.1 Å². The number of carbonyl (C=O) groups is 2. The van der Waals surface area contributed by atoms with E-state index in [1.54, 1.807) is 15.8 Å².